The molecule has 90 valence electrons. The van der Waals surface area contributed by atoms with E-state index in [0.29, 0.717) is 19.6 Å². The van der Waals surface area contributed by atoms with Crippen LogP contribution >= 0.6 is 0 Å². The molecule has 1 heterocycles. The lowest BCUT2D eigenvalue weighted by Crippen LogP contribution is -2.44. The summed E-state index contributed by atoms with van der Waals surface area (Å²) < 4.78 is 4.84. The molecule has 0 aromatic heterocycles. The molecule has 0 fully saturated rings. The summed E-state index contributed by atoms with van der Waals surface area (Å²) in [5.74, 6) is -0.169. The molecule has 1 aliphatic heterocycles. The van der Waals surface area contributed by atoms with Gasteiger partial charge in [-0.25, -0.2) is 5.43 Å². The molecular formula is C11H19N3O2. The second-order valence-electron chi connectivity index (χ2n) is 3.44. The van der Waals surface area contributed by atoms with Crippen molar-refractivity contribution in [2.24, 2.45) is 4.99 Å². The standard InChI is InChI=1S/C11H19N3O2/c1-3-10-9-12-7-8-14(10)13-6-5-11(15)16-4-2/h7-10,13H,3-6H2,1-2H3. The third-order valence-electron chi connectivity index (χ3n) is 2.28. The molecule has 0 amide bonds. The third kappa shape index (κ3) is 4.02. The second kappa shape index (κ2) is 7.00. The molecule has 0 bridgehead atoms. The van der Waals surface area contributed by atoms with Crippen molar-refractivity contribution in [3.05, 3.63) is 12.4 Å². The fraction of sp³-hybridized carbons (Fsp3) is 0.636. The molecule has 0 spiro atoms. The van der Waals surface area contributed by atoms with E-state index in [4.69, 9.17) is 4.74 Å². The van der Waals surface area contributed by atoms with Gasteiger partial charge in [0.25, 0.3) is 0 Å². The van der Waals surface area contributed by atoms with Crippen LogP contribution in [0, 0.1) is 0 Å². The van der Waals surface area contributed by atoms with Gasteiger partial charge < -0.3 is 9.75 Å². The van der Waals surface area contributed by atoms with Crippen molar-refractivity contribution < 1.29 is 9.53 Å². The number of nitrogens with zero attached hydrogens (tertiary/aromatic N) is 2. The topological polar surface area (TPSA) is 53.9 Å². The van der Waals surface area contributed by atoms with Crippen LogP contribution in [0.4, 0.5) is 0 Å². The van der Waals surface area contributed by atoms with Gasteiger partial charge in [0.1, 0.15) is 0 Å². The lowest BCUT2D eigenvalue weighted by atomic mass is 10.2. The minimum Gasteiger partial charge on any atom is -0.466 e. The van der Waals surface area contributed by atoms with Crippen LogP contribution in [0.25, 0.3) is 0 Å². The van der Waals surface area contributed by atoms with Gasteiger partial charge in [0.05, 0.1) is 19.1 Å². The highest BCUT2D eigenvalue weighted by molar-refractivity contribution is 5.69. The van der Waals surface area contributed by atoms with E-state index in [-0.39, 0.29) is 12.0 Å². The molecule has 1 N–H and O–H groups in total. The lowest BCUT2D eigenvalue weighted by Gasteiger charge is -2.29. The van der Waals surface area contributed by atoms with E-state index in [1.807, 2.05) is 24.3 Å². The van der Waals surface area contributed by atoms with Gasteiger partial charge in [-0.1, -0.05) is 6.92 Å². The van der Waals surface area contributed by atoms with E-state index in [2.05, 4.69) is 17.3 Å². The molecular weight excluding hydrogens is 206 g/mol. The summed E-state index contributed by atoms with van der Waals surface area (Å²) in [5.41, 5.74) is 3.17. The van der Waals surface area contributed by atoms with E-state index in [1.165, 1.54) is 0 Å². The van der Waals surface area contributed by atoms with Gasteiger partial charge in [0, 0.05) is 25.2 Å². The van der Waals surface area contributed by atoms with Crippen LogP contribution in [0.2, 0.25) is 0 Å². The van der Waals surface area contributed by atoms with Crippen LogP contribution in [0.5, 0.6) is 0 Å². The molecule has 1 aliphatic rings. The van der Waals surface area contributed by atoms with E-state index in [1.54, 1.807) is 6.20 Å². The van der Waals surface area contributed by atoms with Crippen molar-refractivity contribution in [3.8, 4) is 0 Å². The summed E-state index contributed by atoms with van der Waals surface area (Å²) in [6.07, 6.45) is 6.84. The molecule has 0 aromatic carbocycles. The number of rotatable bonds is 6. The predicted octanol–water partition coefficient (Wildman–Crippen LogP) is 1.08. The van der Waals surface area contributed by atoms with Crippen molar-refractivity contribution in [3.63, 3.8) is 0 Å². The largest absolute Gasteiger partial charge is 0.466 e. The lowest BCUT2D eigenvalue weighted by molar-refractivity contribution is -0.143. The number of carbonyl (C=O) groups excluding carboxylic acids is 1. The van der Waals surface area contributed by atoms with E-state index in [9.17, 15) is 4.79 Å². The van der Waals surface area contributed by atoms with Crippen molar-refractivity contribution in [1.82, 2.24) is 10.4 Å². The highest BCUT2D eigenvalue weighted by Crippen LogP contribution is 2.04. The van der Waals surface area contributed by atoms with Gasteiger partial charge in [-0.2, -0.15) is 0 Å². The van der Waals surface area contributed by atoms with Crippen LogP contribution in [0.3, 0.4) is 0 Å². The summed E-state index contributed by atoms with van der Waals surface area (Å²) in [4.78, 5) is 15.2. The van der Waals surface area contributed by atoms with Crippen LogP contribution in [-0.2, 0) is 9.53 Å². The normalized spacial score (nSPS) is 18.9. The van der Waals surface area contributed by atoms with E-state index >= 15 is 0 Å². The Morgan fingerprint density at radius 3 is 3.06 bits per heavy atom. The molecule has 1 rings (SSSR count). The first kappa shape index (κ1) is 12.7. The molecule has 1 atom stereocenters. The van der Waals surface area contributed by atoms with Crippen molar-refractivity contribution >= 4 is 12.2 Å². The monoisotopic (exact) mass is 225 g/mol. The van der Waals surface area contributed by atoms with E-state index in [0.717, 1.165) is 6.42 Å². The maximum atomic E-state index is 11.1. The Kier molecular flexibility index (Phi) is 5.56. The Balaban J connectivity index is 2.24. The van der Waals surface area contributed by atoms with Gasteiger partial charge in [0.2, 0.25) is 0 Å². The zero-order valence-electron chi connectivity index (χ0n) is 9.85. The smallest absolute Gasteiger partial charge is 0.307 e. The first-order valence-corrected chi connectivity index (χ1v) is 5.65. The fourth-order valence-corrected chi connectivity index (χ4v) is 1.43. The van der Waals surface area contributed by atoms with Crippen LogP contribution in [-0.4, -0.2) is 36.4 Å². The average molecular weight is 225 g/mol. The molecule has 5 nitrogen and oxygen atoms in total. The highest BCUT2D eigenvalue weighted by atomic mass is 16.5. The van der Waals surface area contributed by atoms with Crippen LogP contribution in [0.15, 0.2) is 17.4 Å². The molecule has 16 heavy (non-hydrogen) atoms. The molecule has 5 heteroatoms. The maximum absolute atomic E-state index is 11.1. The van der Waals surface area contributed by atoms with E-state index < -0.39 is 0 Å². The Bertz CT molecular complexity index is 276. The SMILES string of the molecule is CCOC(=O)CCNN1C=CN=CC1CC. The van der Waals surface area contributed by atoms with Gasteiger partial charge in [-0.3, -0.25) is 9.79 Å². The average Bonchev–Trinajstić information content (AvgIpc) is 2.30. The van der Waals surface area contributed by atoms with Crippen LogP contribution < -0.4 is 5.43 Å². The first-order valence-electron chi connectivity index (χ1n) is 5.65. The third-order valence-corrected chi connectivity index (χ3v) is 2.28. The Morgan fingerprint density at radius 2 is 2.38 bits per heavy atom. The molecule has 0 saturated heterocycles. The van der Waals surface area contributed by atoms with Gasteiger partial charge in [-0.15, -0.1) is 0 Å². The minimum absolute atomic E-state index is 0.169. The Morgan fingerprint density at radius 1 is 1.56 bits per heavy atom. The van der Waals surface area contributed by atoms with Crippen molar-refractivity contribution in [1.29, 1.82) is 0 Å². The summed E-state index contributed by atoms with van der Waals surface area (Å²) in [6, 6.07) is 0.257. The summed E-state index contributed by atoms with van der Waals surface area (Å²) >= 11 is 0. The van der Waals surface area contributed by atoms with Gasteiger partial charge >= 0.3 is 5.97 Å². The van der Waals surface area contributed by atoms with Crippen LogP contribution in [0.1, 0.15) is 26.7 Å². The molecule has 0 aliphatic carbocycles. The fourth-order valence-electron chi connectivity index (χ4n) is 1.43. The highest BCUT2D eigenvalue weighted by Gasteiger charge is 2.13. The zero-order valence-corrected chi connectivity index (χ0v) is 9.85. The maximum Gasteiger partial charge on any atom is 0.307 e. The van der Waals surface area contributed by atoms with Crippen molar-refractivity contribution in [2.75, 3.05) is 13.2 Å². The molecule has 0 aromatic rings. The second-order valence-corrected chi connectivity index (χ2v) is 3.44. The predicted molar refractivity (Wildman–Crippen MR) is 62.8 cm³/mol. The number of aliphatic imine (C=N–C) groups is 1. The minimum atomic E-state index is -0.169. The number of hydrogen-bond acceptors (Lipinski definition) is 5. The molecule has 0 saturated carbocycles. The Labute approximate surface area is 96.1 Å². The number of ether oxygens (including phenoxy) is 1. The number of esters is 1. The summed E-state index contributed by atoms with van der Waals surface area (Å²) in [5, 5.41) is 1.96. The zero-order chi connectivity index (χ0) is 11.8. The Hall–Kier alpha value is -1.36. The summed E-state index contributed by atoms with van der Waals surface area (Å²) in [7, 11) is 0. The number of nitrogens with one attached hydrogen (secondary N) is 1. The molecule has 0 radical (unpaired) electrons. The summed E-state index contributed by atoms with van der Waals surface area (Å²) in [6.45, 7) is 4.92. The molecule has 1 unspecified atom stereocenters. The number of hydrogen-bond donors (Lipinski definition) is 1. The van der Waals surface area contributed by atoms with Crippen molar-refractivity contribution in [2.45, 2.75) is 32.7 Å². The first-order chi connectivity index (χ1) is 7.77. The number of carbonyl (C=O) groups is 1. The van der Waals surface area contributed by atoms with Gasteiger partial charge in [-0.05, 0) is 13.3 Å². The van der Waals surface area contributed by atoms with Gasteiger partial charge in [0.15, 0.2) is 0 Å². The number of hydrazine groups is 1. The quantitative estimate of drug-likeness (QED) is 0.687.